The fraction of sp³-hybridized carbons (Fsp3) is 0.444. The van der Waals surface area contributed by atoms with Crippen molar-refractivity contribution in [1.82, 2.24) is 15.2 Å². The zero-order chi connectivity index (χ0) is 17.5. The van der Waals surface area contributed by atoms with Gasteiger partial charge in [-0.15, -0.1) is 11.3 Å². The van der Waals surface area contributed by atoms with Crippen molar-refractivity contribution in [3.8, 4) is 0 Å². The van der Waals surface area contributed by atoms with Gasteiger partial charge in [-0.05, 0) is 25.8 Å². The molecular weight excluding hydrogens is 322 g/mol. The van der Waals surface area contributed by atoms with Crippen molar-refractivity contribution in [2.75, 3.05) is 6.54 Å². The molecule has 1 aromatic carbocycles. The Morgan fingerprint density at radius 3 is 2.62 bits per heavy atom. The van der Waals surface area contributed by atoms with E-state index < -0.39 is 6.10 Å². The van der Waals surface area contributed by atoms with Crippen molar-refractivity contribution in [2.45, 2.75) is 46.4 Å². The van der Waals surface area contributed by atoms with E-state index in [0.29, 0.717) is 26.1 Å². The van der Waals surface area contributed by atoms with Gasteiger partial charge in [0.25, 0.3) is 0 Å². The number of aliphatic hydroxyl groups excluding tert-OH is 1. The summed E-state index contributed by atoms with van der Waals surface area (Å²) in [5.41, 5.74) is 1.94. The summed E-state index contributed by atoms with van der Waals surface area (Å²) in [7, 11) is 0. The van der Waals surface area contributed by atoms with Crippen molar-refractivity contribution in [2.24, 2.45) is 0 Å². The third-order valence-corrected chi connectivity index (χ3v) is 4.74. The number of aromatic nitrogens is 1. The lowest BCUT2D eigenvalue weighted by atomic mass is 10.2. The summed E-state index contributed by atoms with van der Waals surface area (Å²) in [5.74, 6) is 0. The second-order valence-corrected chi connectivity index (χ2v) is 7.23. The van der Waals surface area contributed by atoms with Gasteiger partial charge in [-0.2, -0.15) is 0 Å². The summed E-state index contributed by atoms with van der Waals surface area (Å²) >= 11 is 1.63. The van der Waals surface area contributed by atoms with Crippen LogP contribution in [0.5, 0.6) is 0 Å². The molecule has 0 fully saturated rings. The molecule has 1 atom stereocenters. The predicted molar refractivity (Wildman–Crippen MR) is 97.0 cm³/mol. The van der Waals surface area contributed by atoms with E-state index in [0.717, 1.165) is 21.1 Å². The maximum absolute atomic E-state index is 12.6. The molecule has 5 nitrogen and oxygen atoms in total. The predicted octanol–water partition coefficient (Wildman–Crippen LogP) is 3.24. The van der Waals surface area contributed by atoms with Gasteiger partial charge in [-0.1, -0.05) is 37.3 Å². The highest BCUT2D eigenvalue weighted by molar-refractivity contribution is 7.11. The van der Waals surface area contributed by atoms with Crippen LogP contribution >= 0.6 is 11.3 Å². The molecule has 0 aliphatic carbocycles. The largest absolute Gasteiger partial charge is 0.391 e. The minimum atomic E-state index is -0.525. The number of thiazole rings is 1. The fourth-order valence-corrected chi connectivity index (χ4v) is 3.25. The van der Waals surface area contributed by atoms with Crippen molar-refractivity contribution >= 4 is 17.4 Å². The van der Waals surface area contributed by atoms with E-state index in [-0.39, 0.29) is 6.03 Å². The van der Waals surface area contributed by atoms with Gasteiger partial charge >= 0.3 is 6.03 Å². The van der Waals surface area contributed by atoms with Crippen molar-refractivity contribution in [1.29, 1.82) is 0 Å². The van der Waals surface area contributed by atoms with Gasteiger partial charge in [0.15, 0.2) is 0 Å². The van der Waals surface area contributed by atoms with E-state index in [9.17, 15) is 9.90 Å². The number of amides is 2. The van der Waals surface area contributed by atoms with Gasteiger partial charge in [-0.3, -0.25) is 0 Å². The number of urea groups is 1. The molecule has 0 aliphatic rings. The van der Waals surface area contributed by atoms with Crippen LogP contribution in [0.15, 0.2) is 30.3 Å². The van der Waals surface area contributed by atoms with E-state index in [4.69, 9.17) is 0 Å². The van der Waals surface area contributed by atoms with Crippen LogP contribution in [0.1, 0.15) is 34.5 Å². The molecule has 2 aromatic rings. The second-order valence-electron chi connectivity index (χ2n) is 5.82. The van der Waals surface area contributed by atoms with Gasteiger partial charge in [-0.25, -0.2) is 9.78 Å². The number of hydrogen-bond donors (Lipinski definition) is 2. The van der Waals surface area contributed by atoms with Gasteiger partial charge < -0.3 is 15.3 Å². The normalized spacial score (nSPS) is 12.0. The average molecular weight is 347 g/mol. The Bertz CT molecular complexity index is 658. The summed E-state index contributed by atoms with van der Waals surface area (Å²) < 4.78 is 0. The molecule has 1 aromatic heterocycles. The first-order valence-corrected chi connectivity index (χ1v) is 8.99. The number of nitrogens with one attached hydrogen (secondary N) is 1. The number of carbonyl (C=O) groups is 1. The second kappa shape index (κ2) is 8.80. The Morgan fingerprint density at radius 1 is 1.33 bits per heavy atom. The number of nitrogens with zero attached hydrogens (tertiary/aromatic N) is 2. The van der Waals surface area contributed by atoms with Crippen LogP contribution in [0.4, 0.5) is 4.79 Å². The molecule has 0 bridgehead atoms. The zero-order valence-electron chi connectivity index (χ0n) is 14.5. The lowest BCUT2D eigenvalue weighted by Gasteiger charge is -2.25. The van der Waals surface area contributed by atoms with Crippen molar-refractivity contribution in [3.05, 3.63) is 51.5 Å². The van der Waals surface area contributed by atoms with Crippen LogP contribution in [0, 0.1) is 13.8 Å². The van der Waals surface area contributed by atoms with Crippen LogP contribution in [-0.4, -0.2) is 33.7 Å². The molecule has 2 amide bonds. The Kier molecular flexibility index (Phi) is 6.75. The van der Waals surface area contributed by atoms with Crippen LogP contribution in [0.25, 0.3) is 0 Å². The van der Waals surface area contributed by atoms with Crippen LogP contribution < -0.4 is 5.32 Å². The summed E-state index contributed by atoms with van der Waals surface area (Å²) in [5, 5.41) is 13.9. The molecule has 2 rings (SSSR count). The quantitative estimate of drug-likeness (QED) is 0.808. The number of hydrogen-bond acceptors (Lipinski definition) is 4. The van der Waals surface area contributed by atoms with Gasteiger partial charge in [0.05, 0.1) is 23.4 Å². The first kappa shape index (κ1) is 18.4. The molecule has 1 unspecified atom stereocenters. The topological polar surface area (TPSA) is 65.5 Å². The number of aliphatic hydroxyl groups is 1. The Labute approximate surface area is 147 Å². The molecule has 0 radical (unpaired) electrons. The molecule has 1 heterocycles. The maximum atomic E-state index is 12.6. The fourth-order valence-electron chi connectivity index (χ4n) is 2.41. The Balaban J connectivity index is 2.01. The van der Waals surface area contributed by atoms with Gasteiger partial charge in [0.1, 0.15) is 0 Å². The monoisotopic (exact) mass is 347 g/mol. The molecule has 0 aliphatic heterocycles. The van der Waals surface area contributed by atoms with E-state index >= 15 is 0 Å². The minimum Gasteiger partial charge on any atom is -0.391 e. The summed E-state index contributed by atoms with van der Waals surface area (Å²) in [4.78, 5) is 19.8. The van der Waals surface area contributed by atoms with Crippen LogP contribution in [-0.2, 0) is 13.1 Å². The molecule has 0 saturated carbocycles. The number of carbonyl (C=O) groups excluding carboxylic acids is 1. The summed E-state index contributed by atoms with van der Waals surface area (Å²) in [6, 6.07) is 9.62. The Morgan fingerprint density at radius 2 is 2.04 bits per heavy atom. The highest BCUT2D eigenvalue weighted by Gasteiger charge is 2.18. The highest BCUT2D eigenvalue weighted by atomic mass is 32.1. The summed E-state index contributed by atoms with van der Waals surface area (Å²) in [6.07, 6.45) is 0.0888. The molecule has 130 valence electrons. The number of rotatable bonds is 7. The minimum absolute atomic E-state index is 0.184. The molecular formula is C18H25N3O2S. The molecule has 0 spiro atoms. The average Bonchev–Trinajstić information content (AvgIpc) is 2.90. The SMILES string of the molecule is CCC(O)CN(Cc1ccccc1)C(=O)NCc1nc(C)sc1C. The third-order valence-electron chi connectivity index (χ3n) is 3.81. The van der Waals surface area contributed by atoms with E-state index in [1.807, 2.05) is 51.1 Å². The highest BCUT2D eigenvalue weighted by Crippen LogP contribution is 2.16. The number of benzene rings is 1. The smallest absolute Gasteiger partial charge is 0.318 e. The first-order chi connectivity index (χ1) is 11.5. The maximum Gasteiger partial charge on any atom is 0.318 e. The van der Waals surface area contributed by atoms with E-state index in [1.54, 1.807) is 16.2 Å². The number of aryl methyl sites for hydroxylation is 2. The van der Waals surface area contributed by atoms with E-state index in [1.165, 1.54) is 0 Å². The first-order valence-electron chi connectivity index (χ1n) is 8.17. The molecule has 6 heteroatoms. The van der Waals surface area contributed by atoms with Gasteiger partial charge in [0, 0.05) is 18.0 Å². The summed E-state index contributed by atoms with van der Waals surface area (Å²) in [6.45, 7) is 7.06. The van der Waals surface area contributed by atoms with Crippen LogP contribution in [0.3, 0.4) is 0 Å². The standard InChI is InChI=1S/C18H25N3O2S/c1-4-16(22)12-21(11-15-8-6-5-7-9-15)18(23)19-10-17-13(2)24-14(3)20-17/h5-9,16,22H,4,10-12H2,1-3H3,(H,19,23). The van der Waals surface area contributed by atoms with E-state index in [2.05, 4.69) is 10.3 Å². The lowest BCUT2D eigenvalue weighted by molar-refractivity contribution is 0.114. The Hall–Kier alpha value is -1.92. The zero-order valence-corrected chi connectivity index (χ0v) is 15.3. The molecule has 24 heavy (non-hydrogen) atoms. The van der Waals surface area contributed by atoms with Crippen molar-refractivity contribution < 1.29 is 9.90 Å². The lowest BCUT2D eigenvalue weighted by Crippen LogP contribution is -2.43. The molecule has 0 saturated heterocycles. The third kappa shape index (κ3) is 5.32. The molecule has 2 N–H and O–H groups in total. The van der Waals surface area contributed by atoms with Crippen molar-refractivity contribution in [3.63, 3.8) is 0 Å². The van der Waals surface area contributed by atoms with Crippen LogP contribution in [0.2, 0.25) is 0 Å². The van der Waals surface area contributed by atoms with Gasteiger partial charge in [0.2, 0.25) is 0 Å².